The zero-order valence-corrected chi connectivity index (χ0v) is 15.3. The number of amides is 1. The van der Waals surface area contributed by atoms with Crippen LogP contribution in [0.15, 0.2) is 28.8 Å². The summed E-state index contributed by atoms with van der Waals surface area (Å²) < 4.78 is 18.5. The first kappa shape index (κ1) is 18.1. The van der Waals surface area contributed by atoms with Crippen molar-refractivity contribution < 1.29 is 13.7 Å². The molecule has 2 aliphatic rings. The summed E-state index contributed by atoms with van der Waals surface area (Å²) in [7, 11) is 0. The molecule has 2 N–H and O–H groups in total. The summed E-state index contributed by atoms with van der Waals surface area (Å²) in [5.74, 6) is 1.23. The number of halogens is 1. The SMILES string of the molecule is N[C@@H]1CCC[C@H]1CC(=O)N1CCCC(c2nc(-c3ccc(F)cc3)no2)C1. The molecule has 144 valence electrons. The highest BCUT2D eigenvalue weighted by Gasteiger charge is 2.32. The number of nitrogens with zero attached hydrogens (tertiary/aromatic N) is 3. The molecule has 6 nitrogen and oxygen atoms in total. The topological polar surface area (TPSA) is 85.3 Å². The molecule has 0 bridgehead atoms. The summed E-state index contributed by atoms with van der Waals surface area (Å²) in [5.41, 5.74) is 6.83. The maximum absolute atomic E-state index is 13.1. The molecule has 0 radical (unpaired) electrons. The minimum absolute atomic E-state index is 0.0432. The van der Waals surface area contributed by atoms with E-state index in [0.717, 1.165) is 38.6 Å². The van der Waals surface area contributed by atoms with Crippen LogP contribution in [0.1, 0.15) is 50.3 Å². The summed E-state index contributed by atoms with van der Waals surface area (Å²) in [5, 5.41) is 4.03. The molecule has 0 spiro atoms. The second-order valence-electron chi connectivity index (χ2n) is 7.70. The fourth-order valence-electron chi connectivity index (χ4n) is 4.19. The molecule has 1 saturated carbocycles. The van der Waals surface area contributed by atoms with Crippen molar-refractivity contribution in [2.24, 2.45) is 11.7 Å². The number of hydrogen-bond acceptors (Lipinski definition) is 5. The first-order chi connectivity index (χ1) is 13.1. The Morgan fingerprint density at radius 1 is 1.22 bits per heavy atom. The number of benzene rings is 1. The van der Waals surface area contributed by atoms with Gasteiger partial charge in [-0.05, 0) is 55.9 Å². The lowest BCUT2D eigenvalue weighted by Crippen LogP contribution is -2.41. The molecule has 2 aromatic rings. The van der Waals surface area contributed by atoms with E-state index in [1.807, 2.05) is 4.90 Å². The zero-order valence-electron chi connectivity index (χ0n) is 15.3. The van der Waals surface area contributed by atoms with Crippen LogP contribution >= 0.6 is 0 Å². The summed E-state index contributed by atoms with van der Waals surface area (Å²) in [6, 6.07) is 6.17. The summed E-state index contributed by atoms with van der Waals surface area (Å²) >= 11 is 0. The molecule has 4 rings (SSSR count). The van der Waals surface area contributed by atoms with Crippen LogP contribution in [0.3, 0.4) is 0 Å². The van der Waals surface area contributed by atoms with E-state index in [4.69, 9.17) is 10.3 Å². The van der Waals surface area contributed by atoms with Gasteiger partial charge in [0.1, 0.15) is 5.82 Å². The highest BCUT2D eigenvalue weighted by molar-refractivity contribution is 5.76. The van der Waals surface area contributed by atoms with Crippen molar-refractivity contribution in [2.45, 2.75) is 50.5 Å². The van der Waals surface area contributed by atoms with Crippen LogP contribution in [0.25, 0.3) is 11.4 Å². The fraction of sp³-hybridized carbons (Fsp3) is 0.550. The molecular weight excluding hydrogens is 347 g/mol. The number of carbonyl (C=O) groups is 1. The van der Waals surface area contributed by atoms with Gasteiger partial charge in [0.25, 0.3) is 0 Å². The second-order valence-corrected chi connectivity index (χ2v) is 7.70. The third kappa shape index (κ3) is 4.03. The molecule has 1 aromatic carbocycles. The van der Waals surface area contributed by atoms with Gasteiger partial charge >= 0.3 is 0 Å². The normalized spacial score (nSPS) is 25.7. The van der Waals surface area contributed by atoms with Crippen molar-refractivity contribution in [3.8, 4) is 11.4 Å². The van der Waals surface area contributed by atoms with Gasteiger partial charge in [0.15, 0.2) is 0 Å². The van der Waals surface area contributed by atoms with Gasteiger partial charge in [-0.3, -0.25) is 4.79 Å². The summed E-state index contributed by atoms with van der Waals surface area (Å²) in [4.78, 5) is 19.1. The molecule has 7 heteroatoms. The average molecular weight is 372 g/mol. The number of nitrogens with two attached hydrogens (primary N) is 1. The Morgan fingerprint density at radius 2 is 2.04 bits per heavy atom. The highest BCUT2D eigenvalue weighted by Crippen LogP contribution is 2.31. The van der Waals surface area contributed by atoms with Gasteiger partial charge < -0.3 is 15.2 Å². The molecule has 1 aromatic heterocycles. The van der Waals surface area contributed by atoms with E-state index in [-0.39, 0.29) is 23.7 Å². The monoisotopic (exact) mass is 372 g/mol. The van der Waals surface area contributed by atoms with Crippen LogP contribution in [0.2, 0.25) is 0 Å². The van der Waals surface area contributed by atoms with E-state index in [9.17, 15) is 9.18 Å². The Hall–Kier alpha value is -2.28. The summed E-state index contributed by atoms with van der Waals surface area (Å²) in [6.07, 6.45) is 5.57. The van der Waals surface area contributed by atoms with Crippen LogP contribution in [-0.2, 0) is 4.79 Å². The van der Waals surface area contributed by atoms with Gasteiger partial charge in [0, 0.05) is 31.1 Å². The Morgan fingerprint density at radius 3 is 2.78 bits per heavy atom. The number of aromatic nitrogens is 2. The predicted octanol–water partition coefficient (Wildman–Crippen LogP) is 3.10. The van der Waals surface area contributed by atoms with Crippen LogP contribution < -0.4 is 5.73 Å². The lowest BCUT2D eigenvalue weighted by Gasteiger charge is -2.32. The van der Waals surface area contributed by atoms with E-state index in [2.05, 4.69) is 10.1 Å². The summed E-state index contributed by atoms with van der Waals surface area (Å²) in [6.45, 7) is 1.38. The quantitative estimate of drug-likeness (QED) is 0.891. The van der Waals surface area contributed by atoms with E-state index >= 15 is 0 Å². The standard InChI is InChI=1S/C20H25FN4O2/c21-16-8-6-13(7-9-16)19-23-20(27-24-19)15-4-2-10-25(12-15)18(26)11-14-3-1-5-17(14)22/h6-9,14-15,17H,1-5,10-12,22H2/t14-,15?,17+/m0/s1. The number of rotatable bonds is 4. The number of piperidine rings is 1. The number of carbonyl (C=O) groups excluding carboxylic acids is 1. The van der Waals surface area contributed by atoms with Crippen molar-refractivity contribution in [1.82, 2.24) is 15.0 Å². The Bertz CT molecular complexity index is 792. The highest BCUT2D eigenvalue weighted by atomic mass is 19.1. The minimum Gasteiger partial charge on any atom is -0.342 e. The van der Waals surface area contributed by atoms with E-state index < -0.39 is 0 Å². The first-order valence-corrected chi connectivity index (χ1v) is 9.73. The average Bonchev–Trinajstić information content (AvgIpc) is 3.32. The molecular formula is C20H25FN4O2. The van der Waals surface area contributed by atoms with Crippen molar-refractivity contribution in [3.05, 3.63) is 36.0 Å². The van der Waals surface area contributed by atoms with E-state index in [1.54, 1.807) is 12.1 Å². The van der Waals surface area contributed by atoms with Crippen LogP contribution in [0.5, 0.6) is 0 Å². The largest absolute Gasteiger partial charge is 0.342 e. The number of likely N-dealkylation sites (tertiary alicyclic amines) is 1. The van der Waals surface area contributed by atoms with Gasteiger partial charge in [0.2, 0.25) is 17.6 Å². The fourth-order valence-corrected chi connectivity index (χ4v) is 4.19. The lowest BCUT2D eigenvalue weighted by molar-refractivity contribution is -0.133. The molecule has 1 aliphatic carbocycles. The smallest absolute Gasteiger partial charge is 0.231 e. The maximum atomic E-state index is 13.1. The minimum atomic E-state index is -0.300. The van der Waals surface area contributed by atoms with Gasteiger partial charge in [0.05, 0.1) is 5.92 Å². The van der Waals surface area contributed by atoms with E-state index in [1.165, 1.54) is 12.1 Å². The molecule has 27 heavy (non-hydrogen) atoms. The Labute approximate surface area is 157 Å². The third-order valence-corrected chi connectivity index (χ3v) is 5.82. The molecule has 1 unspecified atom stereocenters. The molecule has 1 aliphatic heterocycles. The zero-order chi connectivity index (χ0) is 18.8. The molecule has 2 fully saturated rings. The van der Waals surface area contributed by atoms with Crippen molar-refractivity contribution in [3.63, 3.8) is 0 Å². The predicted molar refractivity (Wildman–Crippen MR) is 98.2 cm³/mol. The molecule has 1 amide bonds. The van der Waals surface area contributed by atoms with Crippen LogP contribution in [-0.4, -0.2) is 40.1 Å². The first-order valence-electron chi connectivity index (χ1n) is 9.73. The van der Waals surface area contributed by atoms with Gasteiger partial charge in [-0.1, -0.05) is 11.6 Å². The van der Waals surface area contributed by atoms with Gasteiger partial charge in [-0.2, -0.15) is 4.98 Å². The lowest BCUT2D eigenvalue weighted by atomic mass is 9.95. The number of hydrogen-bond donors (Lipinski definition) is 1. The van der Waals surface area contributed by atoms with Crippen molar-refractivity contribution in [1.29, 1.82) is 0 Å². The Kier molecular flexibility index (Phi) is 5.20. The maximum Gasteiger partial charge on any atom is 0.231 e. The Balaban J connectivity index is 1.41. The van der Waals surface area contributed by atoms with Gasteiger partial charge in [-0.15, -0.1) is 0 Å². The van der Waals surface area contributed by atoms with Crippen molar-refractivity contribution >= 4 is 5.91 Å². The van der Waals surface area contributed by atoms with Crippen LogP contribution in [0, 0.1) is 11.7 Å². The molecule has 3 atom stereocenters. The molecule has 2 heterocycles. The van der Waals surface area contributed by atoms with E-state index in [0.29, 0.717) is 36.2 Å². The third-order valence-electron chi connectivity index (χ3n) is 5.82. The van der Waals surface area contributed by atoms with Crippen molar-refractivity contribution in [2.75, 3.05) is 13.1 Å². The van der Waals surface area contributed by atoms with Crippen LogP contribution in [0.4, 0.5) is 4.39 Å². The second kappa shape index (κ2) is 7.76. The molecule has 1 saturated heterocycles. The van der Waals surface area contributed by atoms with Gasteiger partial charge in [-0.25, -0.2) is 4.39 Å².